The second-order valence-corrected chi connectivity index (χ2v) is 7.42. The highest BCUT2D eigenvalue weighted by molar-refractivity contribution is 7.90. The van der Waals surface area contributed by atoms with Crippen LogP contribution in [-0.4, -0.2) is 47.1 Å². The first-order valence-corrected chi connectivity index (χ1v) is 8.55. The summed E-state index contributed by atoms with van der Waals surface area (Å²) in [4.78, 5) is 0. The quantitative estimate of drug-likeness (QED) is 0.783. The molecule has 0 spiro atoms. The summed E-state index contributed by atoms with van der Waals surface area (Å²) < 4.78 is 31.5. The fraction of sp³-hybridized carbons (Fsp3) is 0.909. The Hall–Kier alpha value is -1.02. The zero-order chi connectivity index (χ0) is 13.3. The van der Waals surface area contributed by atoms with Crippen LogP contribution < -0.4 is 0 Å². The van der Waals surface area contributed by atoms with Crippen molar-refractivity contribution in [2.24, 2.45) is 0 Å². The molecule has 1 aromatic heterocycles. The largest absolute Gasteiger partial charge is 0.377 e. The Bertz CT molecular complexity index is 532. The molecule has 1 aliphatic carbocycles. The molecular weight excluding hydrogens is 268 g/mol. The van der Waals surface area contributed by atoms with Crippen LogP contribution in [0.25, 0.3) is 0 Å². The van der Waals surface area contributed by atoms with E-state index in [4.69, 9.17) is 4.74 Å². The fourth-order valence-electron chi connectivity index (χ4n) is 2.39. The average Bonchev–Trinajstić information content (AvgIpc) is 3.11. The number of hydrogen-bond acceptors (Lipinski definition) is 6. The van der Waals surface area contributed by atoms with Gasteiger partial charge in [0.15, 0.2) is 15.7 Å². The third-order valence-electron chi connectivity index (χ3n) is 3.52. The lowest BCUT2D eigenvalue weighted by molar-refractivity contribution is 0.0305. The minimum absolute atomic E-state index is 0.0739. The van der Waals surface area contributed by atoms with Gasteiger partial charge < -0.3 is 4.74 Å². The molecule has 1 aromatic rings. The highest BCUT2D eigenvalue weighted by atomic mass is 32.2. The molecule has 0 N–H and O–H groups in total. The van der Waals surface area contributed by atoms with E-state index in [1.807, 2.05) is 0 Å². The number of sulfone groups is 1. The Kier molecular flexibility index (Phi) is 3.53. The van der Waals surface area contributed by atoms with Gasteiger partial charge in [0.05, 0.1) is 17.9 Å². The minimum Gasteiger partial charge on any atom is -0.377 e. The minimum atomic E-state index is -3.22. The third-order valence-corrected chi connectivity index (χ3v) is 5.09. The van der Waals surface area contributed by atoms with E-state index in [0.717, 1.165) is 32.1 Å². The third kappa shape index (κ3) is 3.30. The molecule has 7 nitrogen and oxygen atoms in total. The van der Waals surface area contributed by atoms with E-state index in [1.54, 1.807) is 4.68 Å². The highest BCUT2D eigenvalue weighted by Gasteiger charge is 2.30. The van der Waals surface area contributed by atoms with Crippen LogP contribution in [0.5, 0.6) is 0 Å². The van der Waals surface area contributed by atoms with Crippen LogP contribution in [0.1, 0.15) is 44.0 Å². The summed E-state index contributed by atoms with van der Waals surface area (Å²) in [5, 5.41) is 11.3. The van der Waals surface area contributed by atoms with E-state index < -0.39 is 9.84 Å². The van der Waals surface area contributed by atoms with Gasteiger partial charge in [0.25, 0.3) is 0 Å². The molecular formula is C11H18N4O3S. The van der Waals surface area contributed by atoms with Crippen molar-refractivity contribution in [1.82, 2.24) is 20.2 Å². The number of aromatic nitrogens is 4. The van der Waals surface area contributed by atoms with Gasteiger partial charge in [-0.3, -0.25) is 0 Å². The summed E-state index contributed by atoms with van der Waals surface area (Å²) in [6, 6.07) is 0.297. The van der Waals surface area contributed by atoms with E-state index in [9.17, 15) is 8.42 Å². The van der Waals surface area contributed by atoms with Crippen LogP contribution in [0.4, 0.5) is 0 Å². The van der Waals surface area contributed by atoms with Gasteiger partial charge in [0.1, 0.15) is 5.75 Å². The van der Waals surface area contributed by atoms with Gasteiger partial charge in [-0.1, -0.05) is 0 Å². The monoisotopic (exact) mass is 286 g/mol. The van der Waals surface area contributed by atoms with Crippen molar-refractivity contribution in [3.8, 4) is 0 Å². The number of tetrazole rings is 1. The second-order valence-electron chi connectivity index (χ2n) is 5.31. The Labute approximate surface area is 112 Å². The van der Waals surface area contributed by atoms with Crippen LogP contribution >= 0.6 is 0 Å². The average molecular weight is 286 g/mol. The van der Waals surface area contributed by atoms with Crippen LogP contribution in [0.2, 0.25) is 0 Å². The Balaban J connectivity index is 1.65. The highest BCUT2D eigenvalue weighted by Crippen LogP contribution is 2.34. The molecule has 0 bridgehead atoms. The predicted octanol–water partition coefficient (Wildman–Crippen LogP) is 0.492. The molecule has 2 heterocycles. The predicted molar refractivity (Wildman–Crippen MR) is 67.2 cm³/mol. The van der Waals surface area contributed by atoms with Crippen LogP contribution in [0.15, 0.2) is 0 Å². The van der Waals surface area contributed by atoms with Crippen molar-refractivity contribution >= 4 is 9.84 Å². The van der Waals surface area contributed by atoms with Crippen molar-refractivity contribution in [2.75, 3.05) is 12.4 Å². The van der Waals surface area contributed by atoms with Crippen molar-refractivity contribution in [2.45, 2.75) is 50.0 Å². The van der Waals surface area contributed by atoms with Gasteiger partial charge in [-0.25, -0.2) is 13.1 Å². The molecule has 0 aromatic carbocycles. The van der Waals surface area contributed by atoms with Gasteiger partial charge in [0, 0.05) is 6.61 Å². The molecule has 1 aliphatic heterocycles. The first kappa shape index (κ1) is 13.0. The van der Waals surface area contributed by atoms with Crippen molar-refractivity contribution < 1.29 is 13.2 Å². The summed E-state index contributed by atoms with van der Waals surface area (Å²) >= 11 is 0. The van der Waals surface area contributed by atoms with E-state index in [-0.39, 0.29) is 17.6 Å². The molecule has 2 aliphatic rings. The van der Waals surface area contributed by atoms with Crippen LogP contribution in [0.3, 0.4) is 0 Å². The van der Waals surface area contributed by atoms with Gasteiger partial charge in [-0.2, -0.15) is 0 Å². The SMILES string of the molecule is O=S(=O)(Cc1nnnn1C1CC1)CC1CCCCO1. The lowest BCUT2D eigenvalue weighted by atomic mass is 10.1. The summed E-state index contributed by atoms with van der Waals surface area (Å²) in [7, 11) is -3.22. The molecule has 1 saturated carbocycles. The van der Waals surface area contributed by atoms with Crippen LogP contribution in [0, 0.1) is 0 Å². The Morgan fingerprint density at radius 2 is 2.11 bits per heavy atom. The topological polar surface area (TPSA) is 87.0 Å². The Morgan fingerprint density at radius 1 is 1.26 bits per heavy atom. The smallest absolute Gasteiger partial charge is 0.166 e. The summed E-state index contributed by atoms with van der Waals surface area (Å²) in [6.45, 7) is 0.667. The maximum atomic E-state index is 12.2. The van der Waals surface area contributed by atoms with Crippen molar-refractivity contribution in [3.05, 3.63) is 5.82 Å². The van der Waals surface area contributed by atoms with Gasteiger partial charge >= 0.3 is 0 Å². The summed E-state index contributed by atoms with van der Waals surface area (Å²) in [6.07, 6.45) is 4.79. The van der Waals surface area contributed by atoms with Crippen LogP contribution in [-0.2, 0) is 20.3 Å². The van der Waals surface area contributed by atoms with E-state index in [0.29, 0.717) is 18.5 Å². The number of rotatable bonds is 5. The van der Waals surface area contributed by atoms with Crippen molar-refractivity contribution in [1.29, 1.82) is 0 Å². The van der Waals surface area contributed by atoms with E-state index in [1.165, 1.54) is 0 Å². The Morgan fingerprint density at radius 3 is 2.79 bits per heavy atom. The lowest BCUT2D eigenvalue weighted by Gasteiger charge is -2.22. The molecule has 8 heteroatoms. The molecule has 1 unspecified atom stereocenters. The zero-order valence-corrected chi connectivity index (χ0v) is 11.5. The molecule has 3 rings (SSSR count). The molecule has 2 fully saturated rings. The standard InChI is InChI=1S/C11H18N4O3S/c16-19(17,7-10-3-1-2-6-18-10)8-11-12-13-14-15(11)9-4-5-9/h9-10H,1-8H2. The molecule has 19 heavy (non-hydrogen) atoms. The van der Waals surface area contributed by atoms with Gasteiger partial charge in [0.2, 0.25) is 0 Å². The zero-order valence-electron chi connectivity index (χ0n) is 10.7. The number of nitrogens with zero attached hydrogens (tertiary/aromatic N) is 4. The summed E-state index contributed by atoms with van der Waals surface area (Å²) in [5.74, 6) is 0.444. The second kappa shape index (κ2) is 5.16. The normalized spacial score (nSPS) is 24.5. The van der Waals surface area contributed by atoms with E-state index >= 15 is 0 Å². The number of hydrogen-bond donors (Lipinski definition) is 0. The van der Waals surface area contributed by atoms with Gasteiger partial charge in [-0.15, -0.1) is 5.10 Å². The fourth-order valence-corrected chi connectivity index (χ4v) is 3.92. The molecule has 106 valence electrons. The van der Waals surface area contributed by atoms with Crippen molar-refractivity contribution in [3.63, 3.8) is 0 Å². The number of ether oxygens (including phenoxy) is 1. The molecule has 0 amide bonds. The van der Waals surface area contributed by atoms with E-state index in [2.05, 4.69) is 15.5 Å². The molecule has 0 radical (unpaired) electrons. The first-order valence-electron chi connectivity index (χ1n) is 6.73. The lowest BCUT2D eigenvalue weighted by Crippen LogP contribution is -2.29. The maximum Gasteiger partial charge on any atom is 0.166 e. The maximum absolute atomic E-state index is 12.2. The van der Waals surface area contributed by atoms with Gasteiger partial charge in [-0.05, 0) is 42.5 Å². The summed E-state index contributed by atoms with van der Waals surface area (Å²) in [5.41, 5.74) is 0. The first-order chi connectivity index (χ1) is 9.14. The molecule has 1 atom stereocenters. The molecule has 1 saturated heterocycles.